The number of nitrogens with zero attached hydrogens (tertiary/aromatic N) is 4. The highest BCUT2D eigenvalue weighted by atomic mass is 35.5. The summed E-state index contributed by atoms with van der Waals surface area (Å²) in [5.41, 5.74) is 1.46. The zero-order chi connectivity index (χ0) is 18.4. The predicted molar refractivity (Wildman–Crippen MR) is 105 cm³/mol. The van der Waals surface area contributed by atoms with Crippen molar-refractivity contribution in [1.29, 1.82) is 0 Å². The maximum Gasteiger partial charge on any atom is 0.185 e. The van der Waals surface area contributed by atoms with Gasteiger partial charge in [-0.3, -0.25) is 0 Å². The van der Waals surface area contributed by atoms with E-state index in [1.165, 1.54) is 12.8 Å². The second-order valence-corrected chi connectivity index (χ2v) is 8.16. The first-order valence-electron chi connectivity index (χ1n) is 9.23. The fraction of sp³-hybridized carbons (Fsp3) is 0.421. The van der Waals surface area contributed by atoms with Crippen LogP contribution in [0, 0.1) is 5.92 Å². The van der Waals surface area contributed by atoms with Crippen molar-refractivity contribution in [2.24, 2.45) is 5.92 Å². The van der Waals surface area contributed by atoms with Gasteiger partial charge in [0.1, 0.15) is 5.82 Å². The van der Waals surface area contributed by atoms with Crippen LogP contribution in [-0.2, 0) is 4.74 Å². The highest BCUT2D eigenvalue weighted by molar-refractivity contribution is 6.35. The number of aromatic nitrogens is 4. The number of fused-ring (bicyclic) bond motifs is 1. The molecule has 0 bridgehead atoms. The Balaban J connectivity index is 1.42. The molecule has 2 atom stereocenters. The van der Waals surface area contributed by atoms with Crippen LogP contribution in [0.4, 0.5) is 5.82 Å². The Kier molecular flexibility index (Phi) is 4.42. The normalized spacial score (nSPS) is 22.9. The second-order valence-electron chi connectivity index (χ2n) is 7.28. The van der Waals surface area contributed by atoms with Crippen LogP contribution in [0.1, 0.15) is 25.7 Å². The van der Waals surface area contributed by atoms with Gasteiger partial charge >= 0.3 is 0 Å². The Hall–Kier alpha value is -1.89. The fourth-order valence-electron chi connectivity index (χ4n) is 3.69. The summed E-state index contributed by atoms with van der Waals surface area (Å²) in [7, 11) is 0. The standard InChI is InChI=1S/C19H19Cl2N5O/c20-13-7-12(8-14(21)9-13)19-24-23-18-4-3-17(25-26(18)19)22-15-5-6-27-16(10-15)11-1-2-11/h3-4,7-9,11,15-16H,1-2,5-6,10H2,(H,22,25). The molecule has 3 heterocycles. The number of ether oxygens (including phenoxy) is 1. The van der Waals surface area contributed by atoms with Gasteiger partial charge in [-0.15, -0.1) is 15.3 Å². The second kappa shape index (κ2) is 6.93. The lowest BCUT2D eigenvalue weighted by atomic mass is 10.00. The molecule has 1 aliphatic heterocycles. The van der Waals surface area contributed by atoms with Gasteiger partial charge in [0.15, 0.2) is 11.5 Å². The molecule has 1 saturated heterocycles. The maximum atomic E-state index is 6.14. The highest BCUT2D eigenvalue weighted by Crippen LogP contribution is 2.38. The minimum absolute atomic E-state index is 0.370. The molecule has 1 saturated carbocycles. The van der Waals surface area contributed by atoms with E-state index in [1.54, 1.807) is 10.6 Å². The molecule has 0 amide bonds. The molecular formula is C19H19Cl2N5O. The van der Waals surface area contributed by atoms with Crippen LogP contribution in [0.15, 0.2) is 30.3 Å². The zero-order valence-corrected chi connectivity index (χ0v) is 16.1. The van der Waals surface area contributed by atoms with Gasteiger partial charge in [0.25, 0.3) is 0 Å². The number of benzene rings is 1. The van der Waals surface area contributed by atoms with Crippen molar-refractivity contribution in [3.05, 3.63) is 40.4 Å². The molecule has 5 rings (SSSR count). The SMILES string of the molecule is Clc1cc(Cl)cc(-c2nnc3ccc(NC4CCOC(C5CC5)C4)nn23)c1. The maximum absolute atomic E-state index is 6.14. The van der Waals surface area contributed by atoms with E-state index >= 15 is 0 Å². The van der Waals surface area contributed by atoms with Crippen LogP contribution in [0.5, 0.6) is 0 Å². The first kappa shape index (κ1) is 17.2. The van der Waals surface area contributed by atoms with Crippen LogP contribution in [0.3, 0.4) is 0 Å². The van der Waals surface area contributed by atoms with Crippen LogP contribution in [-0.4, -0.2) is 38.6 Å². The zero-order valence-electron chi connectivity index (χ0n) is 14.6. The van der Waals surface area contributed by atoms with E-state index in [1.807, 2.05) is 24.3 Å². The summed E-state index contributed by atoms with van der Waals surface area (Å²) < 4.78 is 7.64. The number of hydrogen-bond donors (Lipinski definition) is 1. The topological polar surface area (TPSA) is 64.3 Å². The van der Waals surface area contributed by atoms with Gasteiger partial charge in [0, 0.05) is 28.3 Å². The molecule has 0 spiro atoms. The Morgan fingerprint density at radius 2 is 1.85 bits per heavy atom. The molecule has 2 aliphatic rings. The highest BCUT2D eigenvalue weighted by Gasteiger charge is 2.35. The lowest BCUT2D eigenvalue weighted by Crippen LogP contribution is -2.35. The quantitative estimate of drug-likeness (QED) is 0.695. The van der Waals surface area contributed by atoms with E-state index in [9.17, 15) is 0 Å². The van der Waals surface area contributed by atoms with E-state index in [4.69, 9.17) is 33.0 Å². The Labute approximate surface area is 166 Å². The summed E-state index contributed by atoms with van der Waals surface area (Å²) in [5.74, 6) is 2.17. The number of halogens is 2. The van der Waals surface area contributed by atoms with E-state index in [-0.39, 0.29) is 0 Å². The minimum Gasteiger partial charge on any atom is -0.378 e. The predicted octanol–water partition coefficient (Wildman–Crippen LogP) is 4.47. The molecule has 2 aromatic heterocycles. The van der Waals surface area contributed by atoms with Gasteiger partial charge < -0.3 is 10.1 Å². The van der Waals surface area contributed by atoms with Crippen LogP contribution in [0.25, 0.3) is 17.0 Å². The van der Waals surface area contributed by atoms with Crippen molar-refractivity contribution in [3.8, 4) is 11.4 Å². The Morgan fingerprint density at radius 1 is 1.04 bits per heavy atom. The molecule has 2 fully saturated rings. The molecule has 1 aromatic carbocycles. The van der Waals surface area contributed by atoms with Crippen molar-refractivity contribution in [3.63, 3.8) is 0 Å². The summed E-state index contributed by atoms with van der Waals surface area (Å²) in [4.78, 5) is 0. The van der Waals surface area contributed by atoms with Crippen molar-refractivity contribution in [1.82, 2.24) is 19.8 Å². The van der Waals surface area contributed by atoms with E-state index in [0.29, 0.717) is 33.7 Å². The Morgan fingerprint density at radius 3 is 2.63 bits per heavy atom. The minimum atomic E-state index is 0.370. The number of nitrogens with one attached hydrogen (secondary N) is 1. The molecule has 0 radical (unpaired) electrons. The van der Waals surface area contributed by atoms with Crippen molar-refractivity contribution in [2.45, 2.75) is 37.8 Å². The molecule has 6 nitrogen and oxygen atoms in total. The smallest absolute Gasteiger partial charge is 0.185 e. The lowest BCUT2D eigenvalue weighted by molar-refractivity contribution is -0.00224. The van der Waals surface area contributed by atoms with Gasteiger partial charge in [-0.2, -0.15) is 4.52 Å². The molecule has 8 heteroatoms. The van der Waals surface area contributed by atoms with E-state index in [2.05, 4.69) is 15.5 Å². The number of hydrogen-bond acceptors (Lipinski definition) is 5. The average Bonchev–Trinajstić information content (AvgIpc) is 3.41. The van der Waals surface area contributed by atoms with Crippen LogP contribution < -0.4 is 5.32 Å². The number of rotatable bonds is 4. The van der Waals surface area contributed by atoms with Crippen molar-refractivity contribution in [2.75, 3.05) is 11.9 Å². The molecule has 3 aromatic rings. The van der Waals surface area contributed by atoms with Gasteiger partial charge in [0.05, 0.1) is 6.10 Å². The number of anilines is 1. The third kappa shape index (κ3) is 3.61. The molecule has 1 aliphatic carbocycles. The lowest BCUT2D eigenvalue weighted by Gasteiger charge is -2.30. The van der Waals surface area contributed by atoms with E-state index in [0.717, 1.165) is 36.7 Å². The van der Waals surface area contributed by atoms with Crippen molar-refractivity contribution >= 4 is 34.7 Å². The fourth-order valence-corrected chi connectivity index (χ4v) is 4.22. The summed E-state index contributed by atoms with van der Waals surface area (Å²) in [5, 5.41) is 17.8. The largest absolute Gasteiger partial charge is 0.378 e. The van der Waals surface area contributed by atoms with Gasteiger partial charge in [-0.1, -0.05) is 23.2 Å². The van der Waals surface area contributed by atoms with Crippen molar-refractivity contribution < 1.29 is 4.74 Å². The average molecular weight is 404 g/mol. The summed E-state index contributed by atoms with van der Waals surface area (Å²) >= 11 is 12.3. The van der Waals surface area contributed by atoms with E-state index < -0.39 is 0 Å². The van der Waals surface area contributed by atoms with Gasteiger partial charge in [-0.25, -0.2) is 0 Å². The molecule has 1 N–H and O–H groups in total. The van der Waals surface area contributed by atoms with Crippen LogP contribution >= 0.6 is 23.2 Å². The summed E-state index contributed by atoms with van der Waals surface area (Å²) in [6.45, 7) is 0.806. The monoisotopic (exact) mass is 403 g/mol. The summed E-state index contributed by atoms with van der Waals surface area (Å²) in [6.07, 6.45) is 5.01. The first-order valence-corrected chi connectivity index (χ1v) is 9.98. The molecule has 27 heavy (non-hydrogen) atoms. The van der Waals surface area contributed by atoms with Gasteiger partial charge in [0.2, 0.25) is 0 Å². The Bertz CT molecular complexity index is 967. The van der Waals surface area contributed by atoms with Crippen LogP contribution in [0.2, 0.25) is 10.0 Å². The summed E-state index contributed by atoms with van der Waals surface area (Å²) in [6, 6.07) is 9.54. The third-order valence-electron chi connectivity index (χ3n) is 5.20. The molecule has 140 valence electrons. The third-order valence-corrected chi connectivity index (χ3v) is 5.63. The molecule has 2 unspecified atom stereocenters. The molecular weight excluding hydrogens is 385 g/mol. The van der Waals surface area contributed by atoms with Gasteiger partial charge in [-0.05, 0) is 61.9 Å². The first-order chi connectivity index (χ1) is 13.2.